The number of carbonyl (C=O) groups excluding carboxylic acids is 3. The first kappa shape index (κ1) is 25.8. The lowest BCUT2D eigenvalue weighted by Crippen LogP contribution is -2.50. The number of hydrogen-bond donors (Lipinski definition) is 3. The number of nitrogens with zero attached hydrogens (tertiary/aromatic N) is 3. The van der Waals surface area contributed by atoms with Crippen molar-refractivity contribution in [2.24, 2.45) is 5.73 Å². The van der Waals surface area contributed by atoms with Gasteiger partial charge in [0.05, 0.1) is 24.0 Å². The molecule has 4 aromatic rings. The maximum atomic E-state index is 14.0. The predicted octanol–water partition coefficient (Wildman–Crippen LogP) is 3.65. The van der Waals surface area contributed by atoms with E-state index >= 15 is 0 Å². The molecule has 11 heteroatoms. The number of hydrogen-bond acceptors (Lipinski definition) is 8. The molecule has 1 aromatic carbocycles. The van der Waals surface area contributed by atoms with Gasteiger partial charge in [-0.2, -0.15) is 4.37 Å². The molecule has 0 unspecified atom stereocenters. The molecular formula is C26H28N6O4S. The fourth-order valence-corrected chi connectivity index (χ4v) is 4.60. The van der Waals surface area contributed by atoms with Crippen molar-refractivity contribution in [2.75, 3.05) is 5.73 Å². The van der Waals surface area contributed by atoms with Crippen LogP contribution in [0.25, 0.3) is 10.9 Å². The molecule has 3 amide bonds. The normalized spacial score (nSPS) is 12.3. The van der Waals surface area contributed by atoms with Crippen molar-refractivity contribution in [3.8, 4) is 0 Å². The lowest BCUT2D eigenvalue weighted by Gasteiger charge is -2.34. The Hall–Kier alpha value is -4.25. The summed E-state index contributed by atoms with van der Waals surface area (Å²) in [6.07, 6.45) is 3.84. The second-order valence-corrected chi connectivity index (χ2v) is 10.0. The van der Waals surface area contributed by atoms with Crippen molar-refractivity contribution in [3.05, 3.63) is 76.8 Å². The van der Waals surface area contributed by atoms with Crippen LogP contribution in [0.2, 0.25) is 0 Å². The van der Waals surface area contributed by atoms with Crippen molar-refractivity contribution in [1.82, 2.24) is 19.6 Å². The minimum Gasteiger partial charge on any atom is -0.467 e. The monoisotopic (exact) mass is 520 g/mol. The zero-order valence-electron chi connectivity index (χ0n) is 20.7. The Labute approximate surface area is 217 Å². The van der Waals surface area contributed by atoms with Gasteiger partial charge in [0.1, 0.15) is 16.7 Å². The van der Waals surface area contributed by atoms with Gasteiger partial charge in [-0.05, 0) is 67.7 Å². The van der Waals surface area contributed by atoms with Crippen LogP contribution in [-0.2, 0) is 11.3 Å². The average Bonchev–Trinajstić information content (AvgIpc) is 3.52. The van der Waals surface area contributed by atoms with Gasteiger partial charge < -0.3 is 26.1 Å². The molecule has 5 N–H and O–H groups in total. The van der Waals surface area contributed by atoms with Crippen molar-refractivity contribution in [2.45, 2.75) is 45.3 Å². The van der Waals surface area contributed by atoms with Crippen LogP contribution in [0.3, 0.4) is 0 Å². The number of fused-ring (bicyclic) bond motifs is 1. The Morgan fingerprint density at radius 2 is 1.97 bits per heavy atom. The summed E-state index contributed by atoms with van der Waals surface area (Å²) < 4.78 is 9.50. The van der Waals surface area contributed by atoms with Gasteiger partial charge >= 0.3 is 0 Å². The predicted molar refractivity (Wildman–Crippen MR) is 141 cm³/mol. The van der Waals surface area contributed by atoms with Gasteiger partial charge in [-0.1, -0.05) is 19.1 Å². The Balaban J connectivity index is 1.87. The third kappa shape index (κ3) is 5.46. The highest BCUT2D eigenvalue weighted by Crippen LogP contribution is 2.32. The van der Waals surface area contributed by atoms with Gasteiger partial charge in [0.25, 0.3) is 11.8 Å². The molecular weight excluding hydrogens is 492 g/mol. The molecule has 0 aliphatic rings. The van der Waals surface area contributed by atoms with Crippen LogP contribution in [0.1, 0.15) is 64.7 Å². The highest BCUT2D eigenvalue weighted by Gasteiger charge is 2.37. The van der Waals surface area contributed by atoms with E-state index in [0.717, 1.165) is 22.4 Å². The molecule has 0 aliphatic heterocycles. The summed E-state index contributed by atoms with van der Waals surface area (Å²) in [7, 11) is 0. The molecule has 3 aromatic heterocycles. The number of benzene rings is 1. The van der Waals surface area contributed by atoms with Crippen LogP contribution in [-0.4, -0.2) is 37.5 Å². The third-order valence-electron chi connectivity index (χ3n) is 6.17. The first-order valence-electron chi connectivity index (χ1n) is 11.7. The van der Waals surface area contributed by atoms with Crippen molar-refractivity contribution >= 4 is 45.8 Å². The molecule has 1 atom stereocenters. The Morgan fingerprint density at radius 1 is 1.19 bits per heavy atom. The molecule has 0 saturated carbocycles. The first-order chi connectivity index (χ1) is 17.6. The number of aromatic nitrogens is 2. The van der Waals surface area contributed by atoms with Gasteiger partial charge in [0, 0.05) is 17.1 Å². The van der Waals surface area contributed by atoms with Crippen LogP contribution in [0.15, 0.2) is 59.3 Å². The minimum atomic E-state index is -1.06. The minimum absolute atomic E-state index is 0.00960. The maximum absolute atomic E-state index is 14.0. The Morgan fingerprint density at radius 3 is 2.62 bits per heavy atom. The highest BCUT2D eigenvalue weighted by atomic mass is 32.1. The molecule has 0 spiro atoms. The number of primary amides is 1. The lowest BCUT2D eigenvalue weighted by atomic mass is 9.97. The number of nitrogen functional groups attached to an aromatic ring is 1. The molecule has 0 bridgehead atoms. The number of pyridine rings is 1. The van der Waals surface area contributed by atoms with E-state index in [9.17, 15) is 14.4 Å². The molecule has 0 radical (unpaired) electrons. The maximum Gasteiger partial charge on any atom is 0.270 e. The van der Waals surface area contributed by atoms with E-state index < -0.39 is 23.4 Å². The second kappa shape index (κ2) is 10.4. The topological polar surface area (TPSA) is 157 Å². The molecule has 37 heavy (non-hydrogen) atoms. The van der Waals surface area contributed by atoms with Crippen molar-refractivity contribution in [1.29, 1.82) is 0 Å². The van der Waals surface area contributed by atoms with E-state index in [1.807, 2.05) is 32.9 Å². The third-order valence-corrected chi connectivity index (χ3v) is 7.02. The molecule has 0 aliphatic carbocycles. The van der Waals surface area contributed by atoms with Gasteiger partial charge in [-0.3, -0.25) is 19.4 Å². The van der Waals surface area contributed by atoms with Crippen molar-refractivity contribution in [3.63, 3.8) is 0 Å². The number of furan rings is 1. The zero-order chi connectivity index (χ0) is 26.7. The molecule has 192 valence electrons. The fourth-order valence-electron chi connectivity index (χ4n) is 3.84. The average molecular weight is 521 g/mol. The van der Waals surface area contributed by atoms with Crippen LogP contribution >= 0.6 is 11.5 Å². The summed E-state index contributed by atoms with van der Waals surface area (Å²) in [4.78, 5) is 45.3. The van der Waals surface area contributed by atoms with Crippen LogP contribution < -0.4 is 16.8 Å². The van der Waals surface area contributed by atoms with E-state index in [-0.39, 0.29) is 28.7 Å². The van der Waals surface area contributed by atoms with Gasteiger partial charge in [0.2, 0.25) is 5.91 Å². The van der Waals surface area contributed by atoms with Crippen molar-refractivity contribution < 1.29 is 18.8 Å². The molecule has 0 fully saturated rings. The summed E-state index contributed by atoms with van der Waals surface area (Å²) in [6.45, 7) is 5.74. The summed E-state index contributed by atoms with van der Waals surface area (Å²) in [6, 6.07) is 11.4. The summed E-state index contributed by atoms with van der Waals surface area (Å²) in [5, 5.41) is 3.87. The van der Waals surface area contributed by atoms with E-state index in [1.165, 1.54) is 11.2 Å². The number of nitrogens with two attached hydrogens (primary N) is 2. The number of anilines is 1. The quantitative estimate of drug-likeness (QED) is 0.304. The van der Waals surface area contributed by atoms with E-state index in [4.69, 9.17) is 15.9 Å². The van der Waals surface area contributed by atoms with Crippen LogP contribution in [0, 0.1) is 0 Å². The number of nitrogens with one attached hydrogen (secondary N) is 1. The molecule has 10 nitrogen and oxygen atoms in total. The van der Waals surface area contributed by atoms with Gasteiger partial charge in [0.15, 0.2) is 5.69 Å². The largest absolute Gasteiger partial charge is 0.467 e. The fraction of sp³-hybridized carbons (Fsp3) is 0.269. The number of rotatable bonds is 9. The lowest BCUT2D eigenvalue weighted by molar-refractivity contribution is -0.127. The number of carbonyl (C=O) groups is 3. The highest BCUT2D eigenvalue weighted by molar-refractivity contribution is 7.09. The molecule has 0 saturated heterocycles. The van der Waals surface area contributed by atoms with E-state index in [2.05, 4.69) is 14.7 Å². The number of amides is 3. The molecule has 3 heterocycles. The summed E-state index contributed by atoms with van der Waals surface area (Å²) in [5.74, 6) is -1.35. The summed E-state index contributed by atoms with van der Waals surface area (Å²) in [5.41, 5.74) is 11.9. The smallest absolute Gasteiger partial charge is 0.270 e. The SMILES string of the molecule is CCC(C)(C)NC(=O)[C@H](c1ccc2ncccc2c1)N(Cc1ccco1)C(=O)c1snc(C(N)=O)c1N. The zero-order valence-corrected chi connectivity index (χ0v) is 21.5. The van der Waals surface area contributed by atoms with E-state index in [0.29, 0.717) is 17.7 Å². The van der Waals surface area contributed by atoms with Gasteiger partial charge in [-0.25, -0.2) is 0 Å². The van der Waals surface area contributed by atoms with Gasteiger partial charge in [-0.15, -0.1) is 0 Å². The Bertz CT molecular complexity index is 1450. The van der Waals surface area contributed by atoms with E-state index in [1.54, 1.807) is 36.5 Å². The van der Waals surface area contributed by atoms with Crippen LogP contribution in [0.5, 0.6) is 0 Å². The standard InChI is InChI=1S/C26H28N6O4S/c1-4-26(2,3)30-24(34)21(16-9-10-18-15(13-16)7-5-11-29-18)32(14-17-8-6-12-36-17)25(35)22-19(27)20(23(28)33)31-37-22/h5-13,21H,4,14,27H2,1-3H3,(H2,28,33)(H,30,34)/t21-/m0/s1. The summed E-state index contributed by atoms with van der Waals surface area (Å²) >= 11 is 0.759. The first-order valence-corrected chi connectivity index (χ1v) is 12.4. The van der Waals surface area contributed by atoms with Crippen LogP contribution in [0.4, 0.5) is 5.69 Å². The second-order valence-electron chi connectivity index (χ2n) is 9.24. The Kier molecular flexibility index (Phi) is 7.25. The molecule has 4 rings (SSSR count).